The summed E-state index contributed by atoms with van der Waals surface area (Å²) >= 11 is 9.43. The van der Waals surface area contributed by atoms with Gasteiger partial charge in [0.25, 0.3) is 0 Å². The van der Waals surface area contributed by atoms with E-state index in [0.717, 1.165) is 25.7 Å². The third kappa shape index (κ3) is 67.5. The van der Waals surface area contributed by atoms with Crippen LogP contribution in [0, 0.1) is 13.8 Å². The number of hydrogen-bond acceptors (Lipinski definition) is 4. The zero-order chi connectivity index (χ0) is 33.8. The average molecular weight is 780 g/mol. The van der Waals surface area contributed by atoms with E-state index in [2.05, 4.69) is 41.5 Å². The normalized spacial score (nSPS) is 9.78. The van der Waals surface area contributed by atoms with Gasteiger partial charge < -0.3 is 9.47 Å². The molecule has 0 aliphatic carbocycles. The maximum absolute atomic E-state index is 11.0. The van der Waals surface area contributed by atoms with Gasteiger partial charge in [-0.25, -0.2) is 0 Å². The molecular weight excluding hydrogens is 703 g/mol. The van der Waals surface area contributed by atoms with Gasteiger partial charge in [-0.15, -0.1) is 0 Å². The van der Waals surface area contributed by atoms with E-state index in [1.807, 2.05) is 0 Å². The minimum atomic E-state index is -0.138. The molecule has 45 heavy (non-hydrogen) atoms. The minimum absolute atomic E-state index is 0. The number of carbonyl (C=O) groups excluding carboxylic acids is 2. The molecule has 0 N–H and O–H groups in total. The van der Waals surface area contributed by atoms with Gasteiger partial charge >= 0.3 is 11.9 Å². The molecule has 0 amide bonds. The molecule has 0 aromatic carbocycles. The first kappa shape index (κ1) is 54.9. The molecule has 0 atom stereocenters. The fourth-order valence-electron chi connectivity index (χ4n) is 3.86. The van der Waals surface area contributed by atoms with Crippen LogP contribution in [0.1, 0.15) is 195 Å². The monoisotopic (exact) mass is 780 g/mol. The summed E-state index contributed by atoms with van der Waals surface area (Å²) in [6.45, 7) is 17.1. The molecule has 0 aromatic heterocycles. The number of unbranched alkanes of at least 4 members (excludes halogenated alkanes) is 20. The van der Waals surface area contributed by atoms with E-state index in [-0.39, 0.29) is 35.8 Å². The Morgan fingerprint density at radius 2 is 0.667 bits per heavy atom. The van der Waals surface area contributed by atoms with Gasteiger partial charge in [0.2, 0.25) is 0 Å². The summed E-state index contributed by atoms with van der Waals surface area (Å²) in [7, 11) is 0. The SMILES string of the molecule is CCCCCCCCCCCCOC(=O)CC[S].CCCCCCCCCCCCOC(=O)CC[S].[CH2]CCC.[CH2]CCC.[Sn]. The summed E-state index contributed by atoms with van der Waals surface area (Å²) in [6, 6.07) is 0. The standard InChI is InChI=1S/2C15H29O2S.2C4H9.Sn/c2*1-2-3-4-5-6-7-8-9-10-11-13-17-15(16)12-14-18;2*1-3-4-2;/h2*2-14H2,1H3;2*1,3-4H2,2H3;. The summed E-state index contributed by atoms with van der Waals surface area (Å²) in [4.78, 5) is 22.0. The molecule has 8 radical (unpaired) electrons. The first-order valence-electron chi connectivity index (χ1n) is 18.5. The molecule has 0 unspecified atom stereocenters. The van der Waals surface area contributed by atoms with E-state index in [0.29, 0.717) is 37.6 Å². The zero-order valence-electron chi connectivity index (χ0n) is 30.6. The van der Waals surface area contributed by atoms with Crippen LogP contribution in [0.2, 0.25) is 0 Å². The van der Waals surface area contributed by atoms with E-state index >= 15 is 0 Å². The van der Waals surface area contributed by atoms with Gasteiger partial charge in [0.1, 0.15) is 0 Å². The molecule has 0 rings (SSSR count). The molecule has 4 nitrogen and oxygen atoms in total. The van der Waals surface area contributed by atoms with Crippen molar-refractivity contribution in [1.29, 1.82) is 0 Å². The smallest absolute Gasteiger partial charge is 0.306 e. The van der Waals surface area contributed by atoms with Crippen molar-refractivity contribution in [2.45, 2.75) is 195 Å². The second-order valence-electron chi connectivity index (χ2n) is 11.4. The third-order valence-corrected chi connectivity index (χ3v) is 7.25. The summed E-state index contributed by atoms with van der Waals surface area (Å²) in [5, 5.41) is 0. The Bertz CT molecular complexity index is 462. The second kappa shape index (κ2) is 56.8. The van der Waals surface area contributed by atoms with Gasteiger partial charge in [0, 0.05) is 35.4 Å². The van der Waals surface area contributed by atoms with Crippen molar-refractivity contribution in [1.82, 2.24) is 0 Å². The van der Waals surface area contributed by atoms with Gasteiger partial charge in [-0.3, -0.25) is 9.59 Å². The number of esters is 2. The van der Waals surface area contributed by atoms with E-state index in [1.165, 1.54) is 128 Å². The topological polar surface area (TPSA) is 52.6 Å². The summed E-state index contributed by atoms with van der Waals surface area (Å²) in [5.41, 5.74) is 0. The Kier molecular flexibility index (Phi) is 69.2. The molecule has 0 heterocycles. The van der Waals surface area contributed by atoms with Crippen LogP contribution in [0.5, 0.6) is 0 Å². The number of ether oxygens (including phenoxy) is 2. The molecule has 0 aromatic rings. The molecule has 0 saturated carbocycles. The van der Waals surface area contributed by atoms with E-state index in [4.69, 9.17) is 34.7 Å². The van der Waals surface area contributed by atoms with Gasteiger partial charge in [-0.2, -0.15) is 0 Å². The predicted octanol–water partition coefficient (Wildman–Crippen LogP) is 12.9. The molecule has 268 valence electrons. The average Bonchev–Trinajstić information content (AvgIpc) is 3.03. The zero-order valence-corrected chi connectivity index (χ0v) is 35.1. The Morgan fingerprint density at radius 3 is 0.867 bits per heavy atom. The Balaban J connectivity index is -0.000000187. The van der Waals surface area contributed by atoms with Crippen molar-refractivity contribution in [2.75, 3.05) is 24.7 Å². The van der Waals surface area contributed by atoms with Crippen LogP contribution in [-0.2, 0) is 19.1 Å². The van der Waals surface area contributed by atoms with Gasteiger partial charge in [-0.1, -0.05) is 208 Å². The molecule has 0 fully saturated rings. The quantitative estimate of drug-likeness (QED) is 0.0451. The summed E-state index contributed by atoms with van der Waals surface area (Å²) in [5.74, 6) is 0.662. The van der Waals surface area contributed by atoms with Crippen molar-refractivity contribution in [3.05, 3.63) is 13.8 Å². The number of hydrogen-bond donors (Lipinski definition) is 0. The maximum Gasteiger partial charge on any atom is 0.306 e. The molecule has 0 spiro atoms. The van der Waals surface area contributed by atoms with Gasteiger partial charge in [-0.05, 0) is 12.8 Å². The van der Waals surface area contributed by atoms with Gasteiger partial charge in [0.05, 0.1) is 26.1 Å². The molecule has 0 aliphatic heterocycles. The third-order valence-electron chi connectivity index (χ3n) is 6.84. The van der Waals surface area contributed by atoms with Crippen molar-refractivity contribution in [3.63, 3.8) is 0 Å². The van der Waals surface area contributed by atoms with Crippen molar-refractivity contribution >= 4 is 61.1 Å². The molecule has 0 aliphatic rings. The van der Waals surface area contributed by atoms with Crippen molar-refractivity contribution in [2.24, 2.45) is 0 Å². The minimum Gasteiger partial charge on any atom is -0.466 e. The summed E-state index contributed by atoms with van der Waals surface area (Å²) < 4.78 is 10.1. The van der Waals surface area contributed by atoms with Gasteiger partial charge in [0.15, 0.2) is 0 Å². The number of carbonyl (C=O) groups is 2. The first-order chi connectivity index (χ1) is 21.4. The van der Waals surface area contributed by atoms with Crippen LogP contribution in [0.3, 0.4) is 0 Å². The first-order valence-corrected chi connectivity index (χ1v) is 19.7. The van der Waals surface area contributed by atoms with E-state index in [1.54, 1.807) is 0 Å². The van der Waals surface area contributed by atoms with Crippen LogP contribution < -0.4 is 0 Å². The maximum atomic E-state index is 11.0. The fourth-order valence-corrected chi connectivity index (χ4v) is 4.20. The Labute approximate surface area is 311 Å². The van der Waals surface area contributed by atoms with Crippen molar-refractivity contribution < 1.29 is 19.1 Å². The van der Waals surface area contributed by atoms with Crippen LogP contribution in [0.4, 0.5) is 0 Å². The van der Waals surface area contributed by atoms with Crippen LogP contribution in [0.25, 0.3) is 0 Å². The predicted molar refractivity (Wildman–Crippen MR) is 206 cm³/mol. The molecule has 0 bridgehead atoms. The van der Waals surface area contributed by atoms with E-state index in [9.17, 15) is 9.59 Å². The molecule has 7 heteroatoms. The largest absolute Gasteiger partial charge is 0.466 e. The fraction of sp³-hybridized carbons (Fsp3) is 0.895. The summed E-state index contributed by atoms with van der Waals surface area (Å²) in [6.07, 6.45) is 31.4. The van der Waals surface area contributed by atoms with Crippen molar-refractivity contribution in [3.8, 4) is 0 Å². The van der Waals surface area contributed by atoms with Crippen LogP contribution in [-0.4, -0.2) is 60.6 Å². The second-order valence-corrected chi connectivity index (χ2v) is 12.2. The Morgan fingerprint density at radius 1 is 0.444 bits per heavy atom. The van der Waals surface area contributed by atoms with E-state index < -0.39 is 0 Å². The number of rotatable bonds is 28. The molecular formula is C38H76O4S2Sn. The Hall–Kier alpha value is 0.439. The molecule has 0 saturated heterocycles. The van der Waals surface area contributed by atoms with Crippen LogP contribution >= 0.6 is 25.3 Å². The van der Waals surface area contributed by atoms with Crippen LogP contribution in [0.15, 0.2) is 0 Å².